The minimum Gasteiger partial charge on any atom is -0.481 e. The van der Waals surface area contributed by atoms with Crippen LogP contribution >= 0.6 is 0 Å². The van der Waals surface area contributed by atoms with Gasteiger partial charge in [0.2, 0.25) is 0 Å². The first-order chi connectivity index (χ1) is 9.23. The number of ether oxygens (including phenoxy) is 1. The molecule has 4 nitrogen and oxygen atoms in total. The molecule has 0 aromatic heterocycles. The molecule has 0 radical (unpaired) electrons. The molecule has 1 unspecified atom stereocenters. The van der Waals surface area contributed by atoms with Crippen LogP contribution in [-0.2, 0) is 11.3 Å². The van der Waals surface area contributed by atoms with Gasteiger partial charge in [-0.3, -0.25) is 4.79 Å². The topological polar surface area (TPSA) is 50.4 Å². The number of hydrogen-bond donors (Lipinski definition) is 2. The molecule has 0 saturated carbocycles. The molecule has 0 fully saturated rings. The van der Waals surface area contributed by atoms with Crippen molar-refractivity contribution in [2.75, 3.05) is 7.05 Å². The third-order valence-electron chi connectivity index (χ3n) is 2.75. The lowest BCUT2D eigenvalue weighted by Gasteiger charge is -2.24. The fourth-order valence-corrected chi connectivity index (χ4v) is 1.87. The summed E-state index contributed by atoms with van der Waals surface area (Å²) in [6, 6.07) is 5.98. The standard InChI is InChI=1S/C16H26N2O2/c1-11-7-8-14(13(9-11)10-17-6)20-12(2)15(19)18-16(3,4)5/h7-9,12,17H,10H2,1-6H3,(H,18,19). The Morgan fingerprint density at radius 2 is 2.00 bits per heavy atom. The predicted octanol–water partition coefficient (Wildman–Crippen LogP) is 2.40. The fraction of sp³-hybridized carbons (Fsp3) is 0.562. The van der Waals surface area contributed by atoms with Crippen LogP contribution in [0.3, 0.4) is 0 Å². The highest BCUT2D eigenvalue weighted by atomic mass is 16.5. The number of rotatable bonds is 5. The van der Waals surface area contributed by atoms with E-state index in [0.717, 1.165) is 11.3 Å². The summed E-state index contributed by atoms with van der Waals surface area (Å²) >= 11 is 0. The Balaban J connectivity index is 2.79. The van der Waals surface area contributed by atoms with Gasteiger partial charge in [-0.2, -0.15) is 0 Å². The van der Waals surface area contributed by atoms with Gasteiger partial charge in [0.15, 0.2) is 6.10 Å². The molecule has 0 spiro atoms. The average Bonchev–Trinajstić information content (AvgIpc) is 2.30. The summed E-state index contributed by atoms with van der Waals surface area (Å²) in [5.41, 5.74) is 1.98. The first kappa shape index (κ1) is 16.5. The highest BCUT2D eigenvalue weighted by molar-refractivity contribution is 5.81. The Labute approximate surface area is 121 Å². The molecule has 1 aromatic carbocycles. The fourth-order valence-electron chi connectivity index (χ4n) is 1.87. The van der Waals surface area contributed by atoms with Gasteiger partial charge < -0.3 is 15.4 Å². The molecule has 0 heterocycles. The summed E-state index contributed by atoms with van der Waals surface area (Å²) in [5, 5.41) is 6.03. The van der Waals surface area contributed by atoms with E-state index in [4.69, 9.17) is 4.74 Å². The molecule has 1 amide bonds. The molecule has 2 N–H and O–H groups in total. The highest BCUT2D eigenvalue weighted by Crippen LogP contribution is 2.21. The summed E-state index contributed by atoms with van der Waals surface area (Å²) in [4.78, 5) is 12.0. The summed E-state index contributed by atoms with van der Waals surface area (Å²) in [5.74, 6) is 0.648. The number of nitrogens with one attached hydrogen (secondary N) is 2. The van der Waals surface area contributed by atoms with Gasteiger partial charge >= 0.3 is 0 Å². The number of carbonyl (C=O) groups excluding carboxylic acids is 1. The second-order valence-electron chi connectivity index (χ2n) is 6.14. The highest BCUT2D eigenvalue weighted by Gasteiger charge is 2.21. The Bertz CT molecular complexity index is 464. The van der Waals surface area contributed by atoms with Crippen LogP contribution in [0.25, 0.3) is 0 Å². The molecule has 0 saturated heterocycles. The molecule has 1 atom stereocenters. The Morgan fingerprint density at radius 1 is 1.35 bits per heavy atom. The Kier molecular flexibility index (Phi) is 5.57. The van der Waals surface area contributed by atoms with Crippen molar-refractivity contribution in [3.05, 3.63) is 29.3 Å². The van der Waals surface area contributed by atoms with Gasteiger partial charge in [-0.1, -0.05) is 17.7 Å². The molecular formula is C16H26N2O2. The van der Waals surface area contributed by atoms with E-state index in [1.54, 1.807) is 6.92 Å². The van der Waals surface area contributed by atoms with E-state index in [0.29, 0.717) is 6.54 Å². The molecule has 1 rings (SSSR count). The van der Waals surface area contributed by atoms with Gasteiger partial charge in [0, 0.05) is 17.6 Å². The molecule has 20 heavy (non-hydrogen) atoms. The number of benzene rings is 1. The quantitative estimate of drug-likeness (QED) is 0.869. The van der Waals surface area contributed by atoms with Gasteiger partial charge in [0.05, 0.1) is 0 Å². The van der Waals surface area contributed by atoms with Crippen molar-refractivity contribution in [2.45, 2.75) is 52.8 Å². The van der Waals surface area contributed by atoms with Gasteiger partial charge in [0.1, 0.15) is 5.75 Å². The van der Waals surface area contributed by atoms with Crippen LogP contribution in [-0.4, -0.2) is 24.6 Å². The molecular weight excluding hydrogens is 252 g/mol. The van der Waals surface area contributed by atoms with Crippen molar-refractivity contribution in [1.29, 1.82) is 0 Å². The minimum atomic E-state index is -0.521. The SMILES string of the molecule is CNCc1cc(C)ccc1OC(C)C(=O)NC(C)(C)C. The monoisotopic (exact) mass is 278 g/mol. The van der Waals surface area contributed by atoms with Crippen LogP contribution < -0.4 is 15.4 Å². The molecule has 112 valence electrons. The van der Waals surface area contributed by atoms with E-state index >= 15 is 0 Å². The van der Waals surface area contributed by atoms with Gasteiger partial charge in [-0.05, 0) is 47.7 Å². The largest absolute Gasteiger partial charge is 0.481 e. The number of hydrogen-bond acceptors (Lipinski definition) is 3. The minimum absolute atomic E-state index is 0.103. The number of aryl methyl sites for hydroxylation is 1. The van der Waals surface area contributed by atoms with Crippen molar-refractivity contribution in [1.82, 2.24) is 10.6 Å². The van der Waals surface area contributed by atoms with Crippen molar-refractivity contribution in [2.24, 2.45) is 0 Å². The first-order valence-corrected chi connectivity index (χ1v) is 6.96. The molecule has 0 aliphatic heterocycles. The van der Waals surface area contributed by atoms with Crippen molar-refractivity contribution >= 4 is 5.91 Å². The maximum absolute atomic E-state index is 12.0. The van der Waals surface area contributed by atoms with Crippen LogP contribution in [0, 0.1) is 6.92 Å². The Morgan fingerprint density at radius 3 is 2.55 bits per heavy atom. The van der Waals surface area contributed by atoms with Gasteiger partial charge in [0.25, 0.3) is 5.91 Å². The molecule has 0 aliphatic carbocycles. The third kappa shape index (κ3) is 5.21. The van der Waals surface area contributed by atoms with E-state index in [-0.39, 0.29) is 11.4 Å². The summed E-state index contributed by atoms with van der Waals surface area (Å²) in [6.07, 6.45) is -0.521. The smallest absolute Gasteiger partial charge is 0.261 e. The first-order valence-electron chi connectivity index (χ1n) is 6.96. The van der Waals surface area contributed by atoms with Crippen LogP contribution in [0.15, 0.2) is 18.2 Å². The maximum Gasteiger partial charge on any atom is 0.261 e. The summed E-state index contributed by atoms with van der Waals surface area (Å²) < 4.78 is 5.81. The number of carbonyl (C=O) groups is 1. The maximum atomic E-state index is 12.0. The normalized spacial score (nSPS) is 12.9. The molecule has 1 aromatic rings. The molecule has 0 aliphatic rings. The lowest BCUT2D eigenvalue weighted by atomic mass is 10.1. The van der Waals surface area contributed by atoms with Crippen LogP contribution in [0.2, 0.25) is 0 Å². The molecule has 0 bridgehead atoms. The zero-order valence-corrected chi connectivity index (χ0v) is 13.3. The van der Waals surface area contributed by atoms with Crippen LogP contribution in [0.1, 0.15) is 38.8 Å². The number of amides is 1. The summed E-state index contributed by atoms with van der Waals surface area (Å²) in [7, 11) is 1.89. The van der Waals surface area contributed by atoms with Crippen molar-refractivity contribution in [3.8, 4) is 5.75 Å². The van der Waals surface area contributed by atoms with Crippen molar-refractivity contribution < 1.29 is 9.53 Å². The zero-order chi connectivity index (χ0) is 15.3. The predicted molar refractivity (Wildman–Crippen MR) is 81.9 cm³/mol. The van der Waals surface area contributed by atoms with E-state index < -0.39 is 6.10 Å². The van der Waals surface area contributed by atoms with Gasteiger partial charge in [-0.25, -0.2) is 0 Å². The summed E-state index contributed by atoms with van der Waals surface area (Å²) in [6.45, 7) is 10.4. The van der Waals surface area contributed by atoms with Gasteiger partial charge in [-0.15, -0.1) is 0 Å². The molecule has 4 heteroatoms. The third-order valence-corrected chi connectivity index (χ3v) is 2.75. The van der Waals surface area contributed by atoms with Crippen LogP contribution in [0.4, 0.5) is 0 Å². The van der Waals surface area contributed by atoms with Crippen molar-refractivity contribution in [3.63, 3.8) is 0 Å². The second-order valence-corrected chi connectivity index (χ2v) is 6.14. The average molecular weight is 278 g/mol. The van der Waals surface area contributed by atoms with E-state index in [2.05, 4.69) is 16.7 Å². The Hall–Kier alpha value is -1.55. The van der Waals surface area contributed by atoms with E-state index in [9.17, 15) is 4.79 Å². The van der Waals surface area contributed by atoms with E-state index in [1.807, 2.05) is 46.9 Å². The lowest BCUT2D eigenvalue weighted by Crippen LogP contribution is -2.46. The second kappa shape index (κ2) is 6.75. The lowest BCUT2D eigenvalue weighted by molar-refractivity contribution is -0.128. The van der Waals surface area contributed by atoms with Crippen LogP contribution in [0.5, 0.6) is 5.75 Å². The zero-order valence-electron chi connectivity index (χ0n) is 13.3. The van der Waals surface area contributed by atoms with E-state index in [1.165, 1.54) is 5.56 Å².